The molecule has 160 valence electrons. The van der Waals surface area contributed by atoms with Gasteiger partial charge in [0.1, 0.15) is 18.0 Å². The van der Waals surface area contributed by atoms with Gasteiger partial charge in [-0.25, -0.2) is 9.18 Å². The number of amides is 1. The van der Waals surface area contributed by atoms with Gasteiger partial charge in [-0.3, -0.25) is 9.36 Å². The standard InChI is InChI=1S/C22H24ClFN2O4/c1-22(2,3)30-21(28)25-11-8-17(9-12-25)26-10-4-5-19(20(26)27)29-14-15-6-7-16(23)13-18(15)24/h4-8,10,13H,9,11-12,14H2,1-3H3. The molecule has 0 unspecified atom stereocenters. The van der Waals surface area contributed by atoms with Crippen LogP contribution in [-0.4, -0.2) is 34.3 Å². The second kappa shape index (κ2) is 8.92. The highest BCUT2D eigenvalue weighted by atomic mass is 35.5. The Morgan fingerprint density at radius 1 is 1.27 bits per heavy atom. The molecule has 0 radical (unpaired) electrons. The lowest BCUT2D eigenvalue weighted by Crippen LogP contribution is -2.40. The zero-order valence-corrected chi connectivity index (χ0v) is 17.9. The van der Waals surface area contributed by atoms with Gasteiger partial charge in [0.25, 0.3) is 5.56 Å². The molecule has 0 aliphatic carbocycles. The summed E-state index contributed by atoms with van der Waals surface area (Å²) < 4.78 is 26.4. The molecule has 1 aliphatic heterocycles. The number of carbonyl (C=O) groups excluding carboxylic acids is 1. The van der Waals surface area contributed by atoms with Gasteiger partial charge in [0.2, 0.25) is 0 Å². The normalized spacial score (nSPS) is 14.3. The summed E-state index contributed by atoms with van der Waals surface area (Å²) in [6.07, 6.45) is 3.58. The maximum atomic E-state index is 13.9. The van der Waals surface area contributed by atoms with E-state index >= 15 is 0 Å². The summed E-state index contributed by atoms with van der Waals surface area (Å²) >= 11 is 5.75. The molecule has 6 nitrogen and oxygen atoms in total. The minimum absolute atomic E-state index is 0.0896. The van der Waals surface area contributed by atoms with E-state index in [2.05, 4.69) is 0 Å². The Morgan fingerprint density at radius 3 is 2.67 bits per heavy atom. The molecule has 0 atom stereocenters. The minimum Gasteiger partial charge on any atom is -0.483 e. The lowest BCUT2D eigenvalue weighted by Gasteiger charge is -2.29. The second-order valence-corrected chi connectivity index (χ2v) is 8.38. The molecule has 2 heterocycles. The second-order valence-electron chi connectivity index (χ2n) is 7.94. The summed E-state index contributed by atoms with van der Waals surface area (Å²) in [6, 6.07) is 7.52. The average Bonchev–Trinajstić information content (AvgIpc) is 2.67. The number of ether oxygens (including phenoxy) is 2. The summed E-state index contributed by atoms with van der Waals surface area (Å²) in [5, 5.41) is 0.294. The first-order valence-corrected chi connectivity index (χ1v) is 9.97. The van der Waals surface area contributed by atoms with Crippen molar-refractivity contribution in [2.45, 2.75) is 39.4 Å². The number of benzene rings is 1. The van der Waals surface area contributed by atoms with Crippen LogP contribution in [0.15, 0.2) is 47.4 Å². The summed E-state index contributed by atoms with van der Waals surface area (Å²) in [7, 11) is 0. The van der Waals surface area contributed by atoms with Crippen molar-refractivity contribution >= 4 is 23.4 Å². The van der Waals surface area contributed by atoms with Crippen LogP contribution in [0.1, 0.15) is 32.8 Å². The van der Waals surface area contributed by atoms with Crippen molar-refractivity contribution in [2.24, 2.45) is 0 Å². The Morgan fingerprint density at radius 2 is 2.03 bits per heavy atom. The smallest absolute Gasteiger partial charge is 0.410 e. The monoisotopic (exact) mass is 434 g/mol. The van der Waals surface area contributed by atoms with Gasteiger partial charge in [-0.05, 0) is 51.1 Å². The Kier molecular flexibility index (Phi) is 6.51. The molecule has 30 heavy (non-hydrogen) atoms. The molecule has 0 bridgehead atoms. The first kappa shape index (κ1) is 21.9. The largest absolute Gasteiger partial charge is 0.483 e. The topological polar surface area (TPSA) is 60.8 Å². The molecule has 0 spiro atoms. The molecular weight excluding hydrogens is 411 g/mol. The molecule has 2 aromatic rings. The molecule has 1 aromatic carbocycles. The van der Waals surface area contributed by atoms with Gasteiger partial charge in [0.05, 0.1) is 0 Å². The lowest BCUT2D eigenvalue weighted by molar-refractivity contribution is 0.0269. The van der Waals surface area contributed by atoms with E-state index in [4.69, 9.17) is 21.1 Å². The molecule has 3 rings (SSSR count). The van der Waals surface area contributed by atoms with Crippen LogP contribution in [0, 0.1) is 5.82 Å². The number of hydrogen-bond donors (Lipinski definition) is 0. The van der Waals surface area contributed by atoms with Crippen LogP contribution in [-0.2, 0) is 11.3 Å². The molecule has 0 saturated heterocycles. The fourth-order valence-corrected chi connectivity index (χ4v) is 3.13. The van der Waals surface area contributed by atoms with E-state index in [1.807, 2.05) is 26.8 Å². The van der Waals surface area contributed by atoms with Gasteiger partial charge in [-0.15, -0.1) is 0 Å². The first-order chi connectivity index (χ1) is 14.1. The molecule has 1 aromatic heterocycles. The SMILES string of the molecule is CC(C)(C)OC(=O)N1CC=C(n2cccc(OCc3ccc(Cl)cc3F)c2=O)CC1. The van der Waals surface area contributed by atoms with Gasteiger partial charge in [-0.1, -0.05) is 17.7 Å². The van der Waals surface area contributed by atoms with Crippen LogP contribution in [0.4, 0.5) is 9.18 Å². The van der Waals surface area contributed by atoms with E-state index in [-0.39, 0.29) is 24.0 Å². The van der Waals surface area contributed by atoms with Crippen molar-refractivity contribution in [3.05, 3.63) is 69.4 Å². The van der Waals surface area contributed by atoms with Crippen LogP contribution < -0.4 is 10.3 Å². The Hall–Kier alpha value is -2.80. The fourth-order valence-electron chi connectivity index (χ4n) is 2.97. The Bertz CT molecular complexity index is 1030. The van der Waals surface area contributed by atoms with Crippen LogP contribution >= 0.6 is 11.6 Å². The molecule has 0 fully saturated rings. The van der Waals surface area contributed by atoms with Gasteiger partial charge in [-0.2, -0.15) is 0 Å². The van der Waals surface area contributed by atoms with Crippen LogP contribution in [0.2, 0.25) is 5.02 Å². The lowest BCUT2D eigenvalue weighted by atomic mass is 10.2. The third-order valence-corrected chi connectivity index (χ3v) is 4.69. The van der Waals surface area contributed by atoms with E-state index in [0.29, 0.717) is 30.1 Å². The van der Waals surface area contributed by atoms with Crippen molar-refractivity contribution < 1.29 is 18.7 Å². The highest BCUT2D eigenvalue weighted by molar-refractivity contribution is 6.30. The molecule has 8 heteroatoms. The highest BCUT2D eigenvalue weighted by Gasteiger charge is 2.24. The number of rotatable bonds is 4. The zero-order valence-electron chi connectivity index (χ0n) is 17.2. The molecule has 1 amide bonds. The maximum Gasteiger partial charge on any atom is 0.410 e. The summed E-state index contributed by atoms with van der Waals surface area (Å²) in [5.41, 5.74) is 0.165. The molecule has 1 aliphatic rings. The third kappa shape index (κ3) is 5.42. The maximum absolute atomic E-state index is 13.9. The first-order valence-electron chi connectivity index (χ1n) is 9.60. The van der Waals surface area contributed by atoms with E-state index in [1.165, 1.54) is 16.7 Å². The summed E-state index contributed by atoms with van der Waals surface area (Å²) in [4.78, 5) is 26.6. The third-order valence-electron chi connectivity index (χ3n) is 4.46. The predicted octanol–water partition coefficient (Wildman–Crippen LogP) is 4.70. The number of pyridine rings is 1. The molecule has 0 saturated carbocycles. The number of aromatic nitrogens is 1. The summed E-state index contributed by atoms with van der Waals surface area (Å²) in [6.45, 7) is 6.14. The van der Waals surface area contributed by atoms with E-state index in [1.54, 1.807) is 29.3 Å². The number of halogens is 2. The van der Waals surface area contributed by atoms with E-state index in [0.717, 1.165) is 5.70 Å². The predicted molar refractivity (Wildman–Crippen MR) is 113 cm³/mol. The number of nitrogens with zero attached hydrogens (tertiary/aromatic N) is 2. The molecule has 0 N–H and O–H groups in total. The van der Waals surface area contributed by atoms with E-state index < -0.39 is 11.4 Å². The number of carbonyl (C=O) groups is 1. The van der Waals surface area contributed by atoms with Gasteiger partial charge >= 0.3 is 6.09 Å². The van der Waals surface area contributed by atoms with Crippen molar-refractivity contribution in [2.75, 3.05) is 13.1 Å². The van der Waals surface area contributed by atoms with Gasteiger partial charge < -0.3 is 14.4 Å². The van der Waals surface area contributed by atoms with Crippen LogP contribution in [0.25, 0.3) is 5.70 Å². The van der Waals surface area contributed by atoms with E-state index in [9.17, 15) is 14.0 Å². The van der Waals surface area contributed by atoms with Gasteiger partial charge in [0.15, 0.2) is 5.75 Å². The molecular formula is C22H24ClFN2O4. The van der Waals surface area contributed by atoms with Crippen molar-refractivity contribution in [1.29, 1.82) is 0 Å². The average molecular weight is 435 g/mol. The highest BCUT2D eigenvalue weighted by Crippen LogP contribution is 2.19. The Labute approximate surface area is 179 Å². The fraction of sp³-hybridized carbons (Fsp3) is 0.364. The summed E-state index contributed by atoms with van der Waals surface area (Å²) in [5.74, 6) is -0.377. The number of hydrogen-bond acceptors (Lipinski definition) is 4. The Balaban J connectivity index is 1.71. The van der Waals surface area contributed by atoms with Gasteiger partial charge in [0, 0.05) is 42.0 Å². The minimum atomic E-state index is -0.562. The van der Waals surface area contributed by atoms with Crippen molar-refractivity contribution in [1.82, 2.24) is 9.47 Å². The van der Waals surface area contributed by atoms with Crippen LogP contribution in [0.5, 0.6) is 5.75 Å². The van der Waals surface area contributed by atoms with Crippen LogP contribution in [0.3, 0.4) is 0 Å². The van der Waals surface area contributed by atoms with Crippen molar-refractivity contribution in [3.63, 3.8) is 0 Å². The van der Waals surface area contributed by atoms with Crippen molar-refractivity contribution in [3.8, 4) is 5.75 Å². The zero-order chi connectivity index (χ0) is 21.9. The quantitative estimate of drug-likeness (QED) is 0.699.